The number of methoxy groups -OCH3 is 1. The largest absolute Gasteiger partial charge is 0.506 e. The molecule has 0 bridgehead atoms. The van der Waals surface area contributed by atoms with Gasteiger partial charge in [-0.05, 0) is 35.4 Å². The summed E-state index contributed by atoms with van der Waals surface area (Å²) in [6.45, 7) is 0.286. The highest BCUT2D eigenvalue weighted by atomic mass is 32.2. The van der Waals surface area contributed by atoms with Gasteiger partial charge in [0.25, 0.3) is 0 Å². The van der Waals surface area contributed by atoms with E-state index in [9.17, 15) is 23.4 Å². The molecular weight excluding hydrogens is 514 g/mol. The van der Waals surface area contributed by atoms with Crippen molar-refractivity contribution in [3.63, 3.8) is 0 Å². The number of fused-ring (bicyclic) bond motifs is 1. The number of phenols is 1. The number of hydrogen-bond acceptors (Lipinski definition) is 9. The van der Waals surface area contributed by atoms with Crippen molar-refractivity contribution >= 4 is 33.0 Å². The first-order valence-electron chi connectivity index (χ1n) is 11.6. The molecule has 0 aromatic heterocycles. The summed E-state index contributed by atoms with van der Waals surface area (Å²) < 4.78 is 42.1. The number of rotatable bonds is 11. The van der Waals surface area contributed by atoms with Crippen LogP contribution in [0.4, 0.5) is 17.1 Å². The van der Waals surface area contributed by atoms with Crippen LogP contribution in [0.15, 0.2) is 54.6 Å². The number of anilines is 3. The van der Waals surface area contributed by atoms with Crippen molar-refractivity contribution in [2.75, 3.05) is 36.3 Å². The van der Waals surface area contributed by atoms with E-state index in [0.717, 1.165) is 11.8 Å². The molecule has 0 fully saturated rings. The molecule has 0 aliphatic carbocycles. The SMILES string of the molecule is COCc1cccc(CC(N)=O)c1N(CC(O)c1ccc(O)c(NS(C)(=O)=O)c1)c1ccc2c(c1)OCO2. The van der Waals surface area contributed by atoms with Crippen molar-refractivity contribution < 1.29 is 37.6 Å². The van der Waals surface area contributed by atoms with Crippen LogP contribution in [0.5, 0.6) is 17.2 Å². The van der Waals surface area contributed by atoms with Crippen LogP contribution in [-0.4, -0.2) is 51.2 Å². The third kappa shape index (κ3) is 6.28. The van der Waals surface area contributed by atoms with E-state index in [1.165, 1.54) is 18.2 Å². The van der Waals surface area contributed by atoms with Crippen molar-refractivity contribution in [2.45, 2.75) is 19.1 Å². The molecule has 1 aliphatic heterocycles. The first-order chi connectivity index (χ1) is 18.1. The highest BCUT2D eigenvalue weighted by Gasteiger charge is 2.25. The summed E-state index contributed by atoms with van der Waals surface area (Å²) in [7, 11) is -2.12. The van der Waals surface area contributed by atoms with Crippen LogP contribution in [0.2, 0.25) is 0 Å². The highest BCUT2D eigenvalue weighted by molar-refractivity contribution is 7.92. The Labute approximate surface area is 220 Å². The number of aromatic hydroxyl groups is 1. The Morgan fingerprint density at radius 2 is 1.87 bits per heavy atom. The summed E-state index contributed by atoms with van der Waals surface area (Å²) in [5, 5.41) is 21.5. The normalized spacial score (nSPS) is 13.2. The Kier molecular flexibility index (Phi) is 7.95. The molecule has 3 aromatic rings. The molecule has 38 heavy (non-hydrogen) atoms. The summed E-state index contributed by atoms with van der Waals surface area (Å²) in [6, 6.07) is 14.9. The summed E-state index contributed by atoms with van der Waals surface area (Å²) in [4.78, 5) is 13.8. The van der Waals surface area contributed by atoms with Gasteiger partial charge in [0.15, 0.2) is 11.5 Å². The van der Waals surface area contributed by atoms with Crippen molar-refractivity contribution in [2.24, 2.45) is 5.73 Å². The third-order valence-electron chi connectivity index (χ3n) is 5.86. The number of nitrogens with zero attached hydrogens (tertiary/aromatic N) is 1. The number of carbonyl (C=O) groups excluding carboxylic acids is 1. The van der Waals surface area contributed by atoms with Gasteiger partial charge in [-0.15, -0.1) is 0 Å². The lowest BCUT2D eigenvalue weighted by atomic mass is 10.0. The zero-order chi connectivity index (χ0) is 27.4. The second-order valence-electron chi connectivity index (χ2n) is 8.82. The second-order valence-corrected chi connectivity index (χ2v) is 10.6. The molecule has 12 heteroatoms. The standard InChI is InChI=1S/C26H29N3O8S/c1-35-14-18-5-3-4-17(11-25(27)32)26(18)29(19-7-9-23-24(12-19)37-15-36-23)13-22(31)16-6-8-21(30)20(10-16)28-38(2,33)34/h3-10,12,22,28,30-31H,11,13-15H2,1-2H3,(H2,27,32). The minimum absolute atomic E-state index is 0.0186. The monoisotopic (exact) mass is 543 g/mol. The number of sulfonamides is 1. The van der Waals surface area contributed by atoms with Crippen molar-refractivity contribution in [3.8, 4) is 17.2 Å². The zero-order valence-electron chi connectivity index (χ0n) is 20.9. The number of para-hydroxylation sites is 1. The van der Waals surface area contributed by atoms with Crippen molar-refractivity contribution in [1.29, 1.82) is 0 Å². The zero-order valence-corrected chi connectivity index (χ0v) is 21.7. The number of benzene rings is 3. The molecule has 0 saturated carbocycles. The lowest BCUT2D eigenvalue weighted by molar-refractivity contribution is -0.117. The third-order valence-corrected chi connectivity index (χ3v) is 6.45. The number of ether oxygens (including phenoxy) is 3. The second kappa shape index (κ2) is 11.2. The molecular formula is C26H29N3O8S. The van der Waals surface area contributed by atoms with Crippen LogP contribution in [-0.2, 0) is 32.6 Å². The molecule has 1 atom stereocenters. The van der Waals surface area contributed by atoms with Crippen LogP contribution in [0.3, 0.4) is 0 Å². The maximum atomic E-state index is 11.9. The Bertz CT molecular complexity index is 1440. The van der Waals surface area contributed by atoms with E-state index in [0.29, 0.717) is 34.0 Å². The van der Waals surface area contributed by atoms with Gasteiger partial charge in [-0.3, -0.25) is 9.52 Å². The summed E-state index contributed by atoms with van der Waals surface area (Å²) in [5.41, 5.74) is 8.47. The predicted molar refractivity (Wildman–Crippen MR) is 141 cm³/mol. The van der Waals surface area contributed by atoms with E-state index in [-0.39, 0.29) is 37.8 Å². The molecule has 1 unspecified atom stereocenters. The van der Waals surface area contributed by atoms with Gasteiger partial charge in [-0.1, -0.05) is 24.3 Å². The van der Waals surface area contributed by atoms with Gasteiger partial charge in [0.2, 0.25) is 22.7 Å². The fraction of sp³-hybridized carbons (Fsp3) is 0.269. The van der Waals surface area contributed by atoms with Gasteiger partial charge in [-0.2, -0.15) is 0 Å². The number of primary amides is 1. The van der Waals surface area contributed by atoms with Gasteiger partial charge in [0.05, 0.1) is 43.3 Å². The first-order valence-corrected chi connectivity index (χ1v) is 13.5. The summed E-state index contributed by atoms with van der Waals surface area (Å²) in [6.07, 6.45) is -0.242. The topological polar surface area (TPSA) is 161 Å². The summed E-state index contributed by atoms with van der Waals surface area (Å²) in [5.74, 6) is 0.286. The molecule has 0 spiro atoms. The quantitative estimate of drug-likeness (QED) is 0.266. The van der Waals surface area contributed by atoms with Crippen molar-refractivity contribution in [3.05, 3.63) is 71.3 Å². The van der Waals surface area contributed by atoms with Gasteiger partial charge in [-0.25, -0.2) is 8.42 Å². The molecule has 1 amide bonds. The van der Waals surface area contributed by atoms with Crippen LogP contribution in [0.25, 0.3) is 0 Å². The lowest BCUT2D eigenvalue weighted by Gasteiger charge is -2.31. The fourth-order valence-electron chi connectivity index (χ4n) is 4.29. The summed E-state index contributed by atoms with van der Waals surface area (Å²) >= 11 is 0. The highest BCUT2D eigenvalue weighted by Crippen LogP contribution is 2.41. The van der Waals surface area contributed by atoms with Gasteiger partial charge < -0.3 is 35.1 Å². The van der Waals surface area contributed by atoms with Gasteiger partial charge in [0, 0.05) is 24.4 Å². The van der Waals surface area contributed by atoms with Crippen LogP contribution >= 0.6 is 0 Å². The fourth-order valence-corrected chi connectivity index (χ4v) is 4.86. The van der Waals surface area contributed by atoms with Crippen molar-refractivity contribution in [1.82, 2.24) is 0 Å². The Hall–Kier alpha value is -4.00. The minimum Gasteiger partial charge on any atom is -0.506 e. The van der Waals surface area contributed by atoms with E-state index in [4.69, 9.17) is 19.9 Å². The van der Waals surface area contributed by atoms with Crippen LogP contribution < -0.4 is 24.8 Å². The average molecular weight is 544 g/mol. The van der Waals surface area contributed by atoms with E-state index in [2.05, 4.69) is 4.72 Å². The first kappa shape index (κ1) is 27.0. The maximum Gasteiger partial charge on any atom is 0.231 e. The number of nitrogens with two attached hydrogens (primary N) is 1. The molecule has 1 aliphatic rings. The van der Waals surface area contributed by atoms with Gasteiger partial charge in [0.1, 0.15) is 5.75 Å². The molecule has 0 saturated heterocycles. The van der Waals surface area contributed by atoms with E-state index >= 15 is 0 Å². The number of amides is 1. The lowest BCUT2D eigenvalue weighted by Crippen LogP contribution is -2.27. The van der Waals surface area contributed by atoms with E-state index in [1.54, 1.807) is 37.4 Å². The Morgan fingerprint density at radius 3 is 2.58 bits per heavy atom. The molecule has 3 aromatic carbocycles. The molecule has 5 N–H and O–H groups in total. The maximum absolute atomic E-state index is 11.9. The minimum atomic E-state index is -3.67. The van der Waals surface area contributed by atoms with Crippen LogP contribution in [0, 0.1) is 0 Å². The predicted octanol–water partition coefficient (Wildman–Crippen LogP) is 2.54. The number of nitrogens with one attached hydrogen (secondary N) is 1. The van der Waals surface area contributed by atoms with Crippen LogP contribution in [0.1, 0.15) is 22.8 Å². The average Bonchev–Trinajstić information content (AvgIpc) is 3.31. The Balaban J connectivity index is 1.81. The molecule has 202 valence electrons. The smallest absolute Gasteiger partial charge is 0.231 e. The number of carbonyl (C=O) groups is 1. The number of aliphatic hydroxyl groups excluding tert-OH is 1. The van der Waals surface area contributed by atoms with E-state index < -0.39 is 22.0 Å². The number of phenolic OH excluding ortho intramolecular Hbond substituents is 1. The molecule has 0 radical (unpaired) electrons. The molecule has 1 heterocycles. The van der Waals surface area contributed by atoms with E-state index in [1.807, 2.05) is 11.0 Å². The molecule has 4 rings (SSSR count). The number of aliphatic hydroxyl groups is 1. The Morgan fingerprint density at radius 1 is 1.13 bits per heavy atom. The number of hydrogen-bond donors (Lipinski definition) is 4. The molecule has 11 nitrogen and oxygen atoms in total. The van der Waals surface area contributed by atoms with Gasteiger partial charge >= 0.3 is 0 Å².